The molecule has 0 aliphatic rings. The molecule has 0 bridgehead atoms. The number of halogens is 1. The molecule has 1 aromatic carbocycles. The third-order valence-electron chi connectivity index (χ3n) is 1.97. The lowest BCUT2D eigenvalue weighted by atomic mass is 10.2. The predicted molar refractivity (Wildman–Crippen MR) is 58.5 cm³/mol. The lowest BCUT2D eigenvalue weighted by Crippen LogP contribution is -2.09. The van der Waals surface area contributed by atoms with Crippen LogP contribution in [0.15, 0.2) is 23.0 Å². The van der Waals surface area contributed by atoms with Crippen LogP contribution in [0.1, 0.15) is 6.92 Å². The van der Waals surface area contributed by atoms with E-state index in [9.17, 15) is 4.79 Å². The van der Waals surface area contributed by atoms with E-state index in [-0.39, 0.29) is 10.8 Å². The van der Waals surface area contributed by atoms with Crippen molar-refractivity contribution in [2.75, 3.05) is 6.61 Å². The summed E-state index contributed by atoms with van der Waals surface area (Å²) in [7, 11) is 0. The first-order chi connectivity index (χ1) is 7.22. The van der Waals surface area contributed by atoms with Crippen molar-refractivity contribution < 1.29 is 4.74 Å². The molecule has 0 spiro atoms. The van der Waals surface area contributed by atoms with Crippen LogP contribution in [-0.2, 0) is 0 Å². The van der Waals surface area contributed by atoms with Gasteiger partial charge in [0.1, 0.15) is 11.1 Å². The highest BCUT2D eigenvalue weighted by molar-refractivity contribution is 6.28. The summed E-state index contributed by atoms with van der Waals surface area (Å²) in [5.41, 5.74) is 0.253. The molecule has 0 atom stereocenters. The average molecular weight is 225 g/mol. The van der Waals surface area contributed by atoms with E-state index in [1.54, 1.807) is 18.2 Å². The molecule has 5 heteroatoms. The summed E-state index contributed by atoms with van der Waals surface area (Å²) in [6.45, 7) is 2.36. The van der Waals surface area contributed by atoms with E-state index < -0.39 is 0 Å². The van der Waals surface area contributed by atoms with Gasteiger partial charge in [0.05, 0.1) is 12.1 Å². The van der Waals surface area contributed by atoms with Gasteiger partial charge in [-0.05, 0) is 30.7 Å². The number of hydrogen-bond acceptors (Lipinski definition) is 3. The van der Waals surface area contributed by atoms with Gasteiger partial charge in [0.2, 0.25) is 5.28 Å². The van der Waals surface area contributed by atoms with E-state index in [0.29, 0.717) is 23.3 Å². The number of ether oxygens (including phenoxy) is 1. The molecule has 0 aliphatic carbocycles. The molecule has 4 nitrogen and oxygen atoms in total. The first kappa shape index (κ1) is 9.98. The minimum absolute atomic E-state index is 0.0844. The average Bonchev–Trinajstić information content (AvgIpc) is 2.17. The highest BCUT2D eigenvalue weighted by Crippen LogP contribution is 2.21. The van der Waals surface area contributed by atoms with Crippen LogP contribution in [0.25, 0.3) is 10.9 Å². The van der Waals surface area contributed by atoms with E-state index in [2.05, 4.69) is 9.97 Å². The van der Waals surface area contributed by atoms with Gasteiger partial charge in [-0.15, -0.1) is 0 Å². The Labute approximate surface area is 90.9 Å². The molecular formula is C10H9ClN2O2. The van der Waals surface area contributed by atoms with Crippen molar-refractivity contribution in [3.05, 3.63) is 33.8 Å². The second kappa shape index (κ2) is 3.90. The van der Waals surface area contributed by atoms with Crippen LogP contribution >= 0.6 is 11.6 Å². The molecule has 0 saturated carbocycles. The van der Waals surface area contributed by atoms with Gasteiger partial charge in [0, 0.05) is 0 Å². The molecule has 0 aliphatic heterocycles. The lowest BCUT2D eigenvalue weighted by Gasteiger charge is -2.05. The Balaban J connectivity index is 2.79. The van der Waals surface area contributed by atoms with Gasteiger partial charge in [-0.2, -0.15) is 0 Å². The summed E-state index contributed by atoms with van der Waals surface area (Å²) in [6.07, 6.45) is 0. The van der Waals surface area contributed by atoms with Crippen LogP contribution in [0.4, 0.5) is 0 Å². The van der Waals surface area contributed by atoms with Gasteiger partial charge in [-0.1, -0.05) is 6.07 Å². The molecule has 2 aromatic rings. The topological polar surface area (TPSA) is 55.0 Å². The smallest absolute Gasteiger partial charge is 0.263 e. The number of hydrogen-bond donors (Lipinski definition) is 1. The maximum Gasteiger partial charge on any atom is 0.263 e. The summed E-state index contributed by atoms with van der Waals surface area (Å²) in [5, 5.41) is 0.518. The van der Waals surface area contributed by atoms with Gasteiger partial charge in [-0.25, -0.2) is 4.98 Å². The summed E-state index contributed by atoms with van der Waals surface area (Å²) in [5.74, 6) is 0.528. The Morgan fingerprint density at radius 1 is 1.53 bits per heavy atom. The van der Waals surface area contributed by atoms with Gasteiger partial charge < -0.3 is 4.74 Å². The molecule has 0 fully saturated rings. The lowest BCUT2D eigenvalue weighted by molar-refractivity contribution is 0.344. The van der Waals surface area contributed by atoms with E-state index in [1.807, 2.05) is 6.92 Å². The van der Waals surface area contributed by atoms with Crippen LogP contribution in [0.2, 0.25) is 5.28 Å². The van der Waals surface area contributed by atoms with E-state index in [1.165, 1.54) is 0 Å². The minimum atomic E-state index is -0.283. The fraction of sp³-hybridized carbons (Fsp3) is 0.200. The van der Waals surface area contributed by atoms with Gasteiger partial charge in [-0.3, -0.25) is 9.78 Å². The molecule has 2 rings (SSSR count). The van der Waals surface area contributed by atoms with E-state index >= 15 is 0 Å². The molecule has 1 aromatic heterocycles. The van der Waals surface area contributed by atoms with Crippen molar-refractivity contribution in [3.63, 3.8) is 0 Å². The van der Waals surface area contributed by atoms with Crippen LogP contribution in [0, 0.1) is 0 Å². The van der Waals surface area contributed by atoms with Crippen LogP contribution in [0.5, 0.6) is 5.75 Å². The minimum Gasteiger partial charge on any atom is -0.493 e. The first-order valence-electron chi connectivity index (χ1n) is 4.53. The van der Waals surface area contributed by atoms with Crippen molar-refractivity contribution in [3.8, 4) is 5.75 Å². The molecule has 0 unspecified atom stereocenters. The van der Waals surface area contributed by atoms with Crippen LogP contribution < -0.4 is 10.3 Å². The second-order valence-electron chi connectivity index (χ2n) is 2.94. The number of aromatic amines is 1. The third kappa shape index (κ3) is 1.80. The molecule has 1 N–H and O–H groups in total. The van der Waals surface area contributed by atoms with Crippen molar-refractivity contribution in [1.82, 2.24) is 9.97 Å². The van der Waals surface area contributed by atoms with Crippen molar-refractivity contribution >= 4 is 22.5 Å². The van der Waals surface area contributed by atoms with Crippen molar-refractivity contribution in [2.24, 2.45) is 0 Å². The Hall–Kier alpha value is -1.55. The zero-order chi connectivity index (χ0) is 10.8. The van der Waals surface area contributed by atoms with E-state index in [4.69, 9.17) is 16.3 Å². The molecule has 0 radical (unpaired) electrons. The Morgan fingerprint density at radius 2 is 2.33 bits per heavy atom. The zero-order valence-corrected chi connectivity index (χ0v) is 8.84. The highest BCUT2D eigenvalue weighted by Gasteiger charge is 2.07. The molecule has 15 heavy (non-hydrogen) atoms. The normalized spacial score (nSPS) is 10.5. The fourth-order valence-electron chi connectivity index (χ4n) is 1.41. The zero-order valence-electron chi connectivity index (χ0n) is 8.08. The maximum absolute atomic E-state index is 11.6. The summed E-state index contributed by atoms with van der Waals surface area (Å²) < 4.78 is 5.34. The van der Waals surface area contributed by atoms with Gasteiger partial charge in [0.25, 0.3) is 5.56 Å². The third-order valence-corrected chi connectivity index (χ3v) is 2.15. The van der Waals surface area contributed by atoms with Crippen LogP contribution in [-0.4, -0.2) is 16.6 Å². The Kier molecular flexibility index (Phi) is 2.60. The SMILES string of the molecule is CCOc1cccc2nc(Cl)[nH]c(=O)c12. The molecular weight excluding hydrogens is 216 g/mol. The summed E-state index contributed by atoms with van der Waals surface area (Å²) in [6, 6.07) is 5.23. The number of nitrogens with one attached hydrogen (secondary N) is 1. The van der Waals surface area contributed by atoms with Crippen LogP contribution in [0.3, 0.4) is 0 Å². The summed E-state index contributed by atoms with van der Waals surface area (Å²) in [4.78, 5) is 18.1. The predicted octanol–water partition coefficient (Wildman–Crippen LogP) is 1.98. The first-order valence-corrected chi connectivity index (χ1v) is 4.91. The number of aromatic nitrogens is 2. The van der Waals surface area contributed by atoms with Gasteiger partial charge >= 0.3 is 0 Å². The molecule has 78 valence electrons. The second-order valence-corrected chi connectivity index (χ2v) is 3.30. The quantitative estimate of drug-likeness (QED) is 0.794. The van der Waals surface area contributed by atoms with E-state index in [0.717, 1.165) is 0 Å². The largest absolute Gasteiger partial charge is 0.493 e. The Morgan fingerprint density at radius 3 is 3.07 bits per heavy atom. The highest BCUT2D eigenvalue weighted by atomic mass is 35.5. The van der Waals surface area contributed by atoms with Crippen molar-refractivity contribution in [1.29, 1.82) is 0 Å². The number of rotatable bonds is 2. The molecule has 0 amide bonds. The molecule has 1 heterocycles. The summed E-state index contributed by atoms with van der Waals surface area (Å²) >= 11 is 5.65. The fourth-order valence-corrected chi connectivity index (χ4v) is 1.58. The number of nitrogens with zero attached hydrogens (tertiary/aromatic N) is 1. The monoisotopic (exact) mass is 224 g/mol. The standard InChI is InChI=1S/C10H9ClN2O2/c1-2-15-7-5-3-4-6-8(7)9(14)13-10(11)12-6/h3-5H,2H2,1H3,(H,12,13,14). The number of benzene rings is 1. The Bertz CT molecular complexity index is 551. The number of H-pyrrole nitrogens is 1. The number of fused-ring (bicyclic) bond motifs is 1. The van der Waals surface area contributed by atoms with Crippen molar-refractivity contribution in [2.45, 2.75) is 6.92 Å². The molecule has 0 saturated heterocycles. The maximum atomic E-state index is 11.6. The van der Waals surface area contributed by atoms with Gasteiger partial charge in [0.15, 0.2) is 0 Å².